The largest absolute Gasteiger partial charge is 0.480 e. The number of rotatable bonds is 3. The van der Waals surface area contributed by atoms with Gasteiger partial charge < -0.3 is 9.84 Å². The third-order valence-electron chi connectivity index (χ3n) is 3.84. The van der Waals surface area contributed by atoms with E-state index in [1.54, 1.807) is 0 Å². The number of benzene rings is 1. The molecule has 0 spiro atoms. The molecule has 0 bridgehead atoms. The zero-order valence-corrected chi connectivity index (χ0v) is 10.4. The second-order valence-electron chi connectivity index (χ2n) is 5.14. The number of amides is 1. The number of carboxylic acids is 1. The molecule has 3 atom stereocenters. The number of ether oxygens (including phenoxy) is 1. The van der Waals surface area contributed by atoms with Crippen LogP contribution in [0.3, 0.4) is 0 Å². The third kappa shape index (κ3) is 2.28. The van der Waals surface area contributed by atoms with Crippen LogP contribution in [0.25, 0.3) is 0 Å². The van der Waals surface area contributed by atoms with Crippen LogP contribution in [0.15, 0.2) is 30.3 Å². The number of carbonyl (C=O) groups is 2. The average Bonchev–Trinajstić information content (AvgIpc) is 3.07. The molecule has 1 N–H and O–H groups in total. The molecule has 1 saturated carbocycles. The lowest BCUT2D eigenvalue weighted by Gasteiger charge is -2.23. The van der Waals surface area contributed by atoms with Gasteiger partial charge in [0.05, 0.1) is 0 Å². The third-order valence-corrected chi connectivity index (χ3v) is 3.84. The van der Waals surface area contributed by atoms with Gasteiger partial charge in [-0.1, -0.05) is 30.3 Å². The first-order valence-corrected chi connectivity index (χ1v) is 6.37. The molecule has 5 heteroatoms. The Morgan fingerprint density at radius 3 is 2.74 bits per heavy atom. The molecule has 1 aliphatic carbocycles. The minimum absolute atomic E-state index is 0.127. The maximum absolute atomic E-state index is 11.9. The lowest BCUT2D eigenvalue weighted by Crippen LogP contribution is -2.43. The summed E-state index contributed by atoms with van der Waals surface area (Å²) in [6.07, 6.45) is 0.392. The van der Waals surface area contributed by atoms with Gasteiger partial charge in [-0.3, -0.25) is 4.90 Å². The predicted octanol–water partition coefficient (Wildman–Crippen LogP) is 1.73. The molecule has 0 radical (unpaired) electrons. The second kappa shape index (κ2) is 4.57. The Kier molecular flexibility index (Phi) is 2.89. The summed E-state index contributed by atoms with van der Waals surface area (Å²) < 4.78 is 5.18. The zero-order chi connectivity index (χ0) is 13.4. The number of aliphatic carboxylic acids is 1. The minimum Gasteiger partial charge on any atom is -0.480 e. The van der Waals surface area contributed by atoms with Crippen LogP contribution in [0.4, 0.5) is 4.79 Å². The number of piperidine rings is 1. The zero-order valence-electron chi connectivity index (χ0n) is 10.4. The van der Waals surface area contributed by atoms with Gasteiger partial charge in [-0.2, -0.15) is 0 Å². The number of carbonyl (C=O) groups excluding carboxylic acids is 1. The van der Waals surface area contributed by atoms with E-state index in [-0.39, 0.29) is 12.5 Å². The van der Waals surface area contributed by atoms with Gasteiger partial charge in [0.25, 0.3) is 0 Å². The van der Waals surface area contributed by atoms with Crippen molar-refractivity contribution in [2.75, 3.05) is 6.54 Å². The lowest BCUT2D eigenvalue weighted by atomic mass is 10.2. The summed E-state index contributed by atoms with van der Waals surface area (Å²) in [5.41, 5.74) is 0.895. The first-order chi connectivity index (χ1) is 9.16. The standard InChI is InChI=1S/C14H15NO4/c16-13(17)12-11-6-10(11)7-15(12)14(18)19-8-9-4-2-1-3-5-9/h1-5,10-12H,6-8H2,(H,16,17)/t10-,11-,12-/m0/s1. The Labute approximate surface area is 110 Å². The van der Waals surface area contributed by atoms with Crippen molar-refractivity contribution in [1.29, 1.82) is 0 Å². The van der Waals surface area contributed by atoms with Crippen LogP contribution in [0.5, 0.6) is 0 Å². The number of fused-ring (bicyclic) bond motifs is 1. The van der Waals surface area contributed by atoms with E-state index >= 15 is 0 Å². The van der Waals surface area contributed by atoms with Gasteiger partial charge in [-0.15, -0.1) is 0 Å². The number of hydrogen-bond donors (Lipinski definition) is 1. The molecular weight excluding hydrogens is 246 g/mol. The molecule has 0 aromatic heterocycles. The molecule has 3 rings (SSSR count). The van der Waals surface area contributed by atoms with Crippen LogP contribution in [-0.4, -0.2) is 34.7 Å². The van der Waals surface area contributed by atoms with E-state index in [1.165, 1.54) is 4.90 Å². The van der Waals surface area contributed by atoms with Gasteiger partial charge in [-0.25, -0.2) is 9.59 Å². The van der Waals surface area contributed by atoms with E-state index in [0.29, 0.717) is 12.5 Å². The van der Waals surface area contributed by atoms with E-state index in [9.17, 15) is 9.59 Å². The summed E-state index contributed by atoms with van der Waals surface area (Å²) in [7, 11) is 0. The summed E-state index contributed by atoms with van der Waals surface area (Å²) >= 11 is 0. The van der Waals surface area contributed by atoms with E-state index < -0.39 is 18.1 Å². The molecule has 0 unspecified atom stereocenters. The Hall–Kier alpha value is -2.04. The summed E-state index contributed by atoms with van der Waals surface area (Å²) in [5, 5.41) is 9.17. The van der Waals surface area contributed by atoms with Gasteiger partial charge in [0, 0.05) is 6.54 Å². The van der Waals surface area contributed by atoms with E-state index in [4.69, 9.17) is 9.84 Å². The summed E-state index contributed by atoms with van der Waals surface area (Å²) in [6, 6.07) is 8.66. The van der Waals surface area contributed by atoms with Gasteiger partial charge in [0.2, 0.25) is 0 Å². The summed E-state index contributed by atoms with van der Waals surface area (Å²) in [5.74, 6) is -0.450. The molecule has 2 aliphatic rings. The van der Waals surface area contributed by atoms with Crippen molar-refractivity contribution in [3.8, 4) is 0 Å². The van der Waals surface area contributed by atoms with E-state index in [0.717, 1.165) is 12.0 Å². The van der Waals surface area contributed by atoms with Crippen molar-refractivity contribution >= 4 is 12.1 Å². The molecular formula is C14H15NO4. The van der Waals surface area contributed by atoms with Crippen molar-refractivity contribution in [3.63, 3.8) is 0 Å². The van der Waals surface area contributed by atoms with Crippen molar-refractivity contribution in [2.24, 2.45) is 11.8 Å². The van der Waals surface area contributed by atoms with Crippen LogP contribution in [0, 0.1) is 11.8 Å². The van der Waals surface area contributed by atoms with Gasteiger partial charge in [-0.05, 0) is 23.8 Å². The summed E-state index contributed by atoms with van der Waals surface area (Å²) in [6.45, 7) is 0.688. The topological polar surface area (TPSA) is 66.8 Å². The van der Waals surface area contributed by atoms with Gasteiger partial charge >= 0.3 is 12.1 Å². The first kappa shape index (κ1) is 12.0. The Bertz CT molecular complexity index is 501. The molecule has 1 aromatic rings. The molecule has 100 valence electrons. The molecule has 1 amide bonds. The molecule has 2 fully saturated rings. The van der Waals surface area contributed by atoms with Crippen molar-refractivity contribution < 1.29 is 19.4 Å². The van der Waals surface area contributed by atoms with Crippen molar-refractivity contribution in [1.82, 2.24) is 4.90 Å². The fourth-order valence-corrected chi connectivity index (χ4v) is 2.77. The number of hydrogen-bond acceptors (Lipinski definition) is 3. The highest BCUT2D eigenvalue weighted by atomic mass is 16.6. The van der Waals surface area contributed by atoms with Crippen LogP contribution < -0.4 is 0 Å². The average molecular weight is 261 g/mol. The molecule has 19 heavy (non-hydrogen) atoms. The van der Waals surface area contributed by atoms with Gasteiger partial charge in [0.1, 0.15) is 12.6 Å². The lowest BCUT2D eigenvalue weighted by molar-refractivity contribution is -0.142. The normalized spacial score (nSPS) is 27.8. The molecule has 1 heterocycles. The molecule has 1 aromatic carbocycles. The van der Waals surface area contributed by atoms with Crippen molar-refractivity contribution in [2.45, 2.75) is 19.1 Å². The number of carboxylic acid groups (broad SMARTS) is 1. The van der Waals surface area contributed by atoms with Crippen LogP contribution in [0.1, 0.15) is 12.0 Å². The quantitative estimate of drug-likeness (QED) is 0.899. The van der Waals surface area contributed by atoms with Crippen LogP contribution in [0.2, 0.25) is 0 Å². The Morgan fingerprint density at radius 2 is 2.05 bits per heavy atom. The monoisotopic (exact) mass is 261 g/mol. The predicted molar refractivity (Wildman–Crippen MR) is 66.4 cm³/mol. The highest BCUT2D eigenvalue weighted by molar-refractivity contribution is 5.82. The first-order valence-electron chi connectivity index (χ1n) is 6.37. The Morgan fingerprint density at radius 1 is 1.32 bits per heavy atom. The highest BCUT2D eigenvalue weighted by Crippen LogP contribution is 2.49. The smallest absolute Gasteiger partial charge is 0.410 e. The number of nitrogens with zero attached hydrogens (tertiary/aromatic N) is 1. The van der Waals surface area contributed by atoms with Crippen LogP contribution in [-0.2, 0) is 16.1 Å². The highest BCUT2D eigenvalue weighted by Gasteiger charge is 2.57. The van der Waals surface area contributed by atoms with Crippen LogP contribution >= 0.6 is 0 Å². The Balaban J connectivity index is 1.60. The SMILES string of the molecule is O=C(O)[C@@H]1[C@H]2C[C@H]2CN1C(=O)OCc1ccccc1. The molecule has 1 aliphatic heterocycles. The molecule has 1 saturated heterocycles. The maximum Gasteiger partial charge on any atom is 0.410 e. The minimum atomic E-state index is -0.929. The van der Waals surface area contributed by atoms with E-state index in [1.807, 2.05) is 30.3 Å². The van der Waals surface area contributed by atoms with Crippen molar-refractivity contribution in [3.05, 3.63) is 35.9 Å². The molecule has 5 nitrogen and oxygen atoms in total. The van der Waals surface area contributed by atoms with Gasteiger partial charge in [0.15, 0.2) is 0 Å². The fraction of sp³-hybridized carbons (Fsp3) is 0.429. The number of likely N-dealkylation sites (tertiary alicyclic amines) is 1. The second-order valence-corrected chi connectivity index (χ2v) is 5.14. The fourth-order valence-electron chi connectivity index (χ4n) is 2.77. The van der Waals surface area contributed by atoms with E-state index in [2.05, 4.69) is 0 Å². The maximum atomic E-state index is 11.9. The summed E-state index contributed by atoms with van der Waals surface area (Å²) in [4.78, 5) is 24.5.